The zero-order valence-corrected chi connectivity index (χ0v) is 19.4. The zero-order valence-electron chi connectivity index (χ0n) is 19.4. The van der Waals surface area contributed by atoms with Gasteiger partial charge < -0.3 is 19.4 Å². The molecule has 1 fully saturated rings. The van der Waals surface area contributed by atoms with Crippen LogP contribution in [0.1, 0.15) is 5.69 Å². The summed E-state index contributed by atoms with van der Waals surface area (Å²) < 4.78 is 7.52. The van der Waals surface area contributed by atoms with E-state index in [0.29, 0.717) is 6.54 Å². The third kappa shape index (κ3) is 4.95. The van der Waals surface area contributed by atoms with Gasteiger partial charge in [-0.1, -0.05) is 36.4 Å². The fraction of sp³-hybridized carbons (Fsp3) is 0.259. The molecule has 5 rings (SSSR count). The van der Waals surface area contributed by atoms with Crippen LogP contribution < -0.4 is 10.2 Å². The van der Waals surface area contributed by atoms with Gasteiger partial charge in [0.15, 0.2) is 0 Å². The van der Waals surface area contributed by atoms with E-state index in [2.05, 4.69) is 38.9 Å². The number of pyridine rings is 1. The van der Waals surface area contributed by atoms with Gasteiger partial charge >= 0.3 is 0 Å². The molecule has 7 nitrogen and oxygen atoms in total. The molecule has 0 radical (unpaired) electrons. The number of imidazole rings is 1. The molecule has 1 N–H and O–H groups in total. The highest BCUT2D eigenvalue weighted by atomic mass is 16.5. The van der Waals surface area contributed by atoms with E-state index in [1.54, 1.807) is 0 Å². The summed E-state index contributed by atoms with van der Waals surface area (Å²) in [6, 6.07) is 24.2. The highest BCUT2D eigenvalue weighted by Crippen LogP contribution is 2.25. The second-order valence-corrected chi connectivity index (χ2v) is 8.57. The number of carbonyl (C=O) groups excluding carboxylic acids is 1. The van der Waals surface area contributed by atoms with Crippen LogP contribution in [0.5, 0.6) is 0 Å². The second-order valence-electron chi connectivity index (χ2n) is 8.57. The van der Waals surface area contributed by atoms with Crippen molar-refractivity contribution >= 4 is 22.9 Å². The molecule has 34 heavy (non-hydrogen) atoms. The molecule has 7 heteroatoms. The van der Waals surface area contributed by atoms with Gasteiger partial charge in [-0.2, -0.15) is 0 Å². The lowest BCUT2D eigenvalue weighted by Gasteiger charge is -2.28. The first-order valence-electron chi connectivity index (χ1n) is 11.6. The summed E-state index contributed by atoms with van der Waals surface area (Å²) in [4.78, 5) is 21.9. The summed E-state index contributed by atoms with van der Waals surface area (Å²) in [5, 5.41) is 3.02. The van der Waals surface area contributed by atoms with Gasteiger partial charge in [-0.15, -0.1) is 0 Å². The SMILES string of the molecule is CN(CC(=O)Nc1ccc(N2CCOCC2)cc1)Cc1c(-c2ccccc2)nc2ccccn12. The predicted molar refractivity (Wildman–Crippen MR) is 135 cm³/mol. The van der Waals surface area contributed by atoms with Crippen LogP contribution in [0.25, 0.3) is 16.9 Å². The molecule has 0 saturated carbocycles. The zero-order chi connectivity index (χ0) is 23.3. The lowest BCUT2D eigenvalue weighted by Crippen LogP contribution is -2.36. The number of hydrogen-bond donors (Lipinski definition) is 1. The molecule has 174 valence electrons. The first kappa shape index (κ1) is 22.1. The molecule has 3 heterocycles. The number of ether oxygens (including phenoxy) is 1. The van der Waals surface area contributed by atoms with Crippen LogP contribution >= 0.6 is 0 Å². The Bertz CT molecular complexity index is 1250. The molecule has 1 aliphatic heterocycles. The summed E-state index contributed by atoms with van der Waals surface area (Å²) >= 11 is 0. The maximum atomic E-state index is 12.8. The number of amides is 1. The smallest absolute Gasteiger partial charge is 0.238 e. The molecule has 1 amide bonds. The lowest BCUT2D eigenvalue weighted by atomic mass is 10.1. The van der Waals surface area contributed by atoms with Gasteiger partial charge in [0.2, 0.25) is 5.91 Å². The Labute approximate surface area is 199 Å². The van der Waals surface area contributed by atoms with E-state index in [9.17, 15) is 4.79 Å². The average molecular weight is 456 g/mol. The van der Waals surface area contributed by atoms with Crippen molar-refractivity contribution in [3.8, 4) is 11.3 Å². The van der Waals surface area contributed by atoms with Crippen molar-refractivity contribution in [1.82, 2.24) is 14.3 Å². The predicted octanol–water partition coefficient (Wildman–Crippen LogP) is 3.91. The van der Waals surface area contributed by atoms with Crippen LogP contribution in [-0.4, -0.2) is 60.1 Å². The van der Waals surface area contributed by atoms with Crippen molar-refractivity contribution in [3.63, 3.8) is 0 Å². The van der Waals surface area contributed by atoms with E-state index in [-0.39, 0.29) is 12.5 Å². The molecule has 2 aromatic carbocycles. The van der Waals surface area contributed by atoms with E-state index in [1.165, 1.54) is 0 Å². The van der Waals surface area contributed by atoms with Gasteiger partial charge in [0.1, 0.15) is 5.65 Å². The average Bonchev–Trinajstić information content (AvgIpc) is 3.23. The summed E-state index contributed by atoms with van der Waals surface area (Å²) in [7, 11) is 1.96. The lowest BCUT2D eigenvalue weighted by molar-refractivity contribution is -0.117. The molecule has 0 spiro atoms. The van der Waals surface area contributed by atoms with Crippen LogP contribution in [-0.2, 0) is 16.1 Å². The number of morpholine rings is 1. The molecule has 0 bridgehead atoms. The van der Waals surface area contributed by atoms with Gasteiger partial charge in [0.05, 0.1) is 31.1 Å². The maximum Gasteiger partial charge on any atom is 0.238 e. The van der Waals surface area contributed by atoms with Crippen LogP contribution in [0.3, 0.4) is 0 Å². The quantitative estimate of drug-likeness (QED) is 0.458. The standard InChI is InChI=1S/C27H29N5O2/c1-30(20-26(33)28-22-10-12-23(13-11-22)31-15-17-34-18-16-31)19-24-27(21-7-3-2-4-8-21)29-25-9-5-6-14-32(24)25/h2-14H,15-20H2,1H3,(H,28,33). The molecule has 0 atom stereocenters. The number of hydrogen-bond acceptors (Lipinski definition) is 5. The van der Waals surface area contributed by atoms with E-state index in [4.69, 9.17) is 9.72 Å². The Morgan fingerprint density at radius 3 is 2.50 bits per heavy atom. The highest BCUT2D eigenvalue weighted by molar-refractivity contribution is 5.92. The van der Waals surface area contributed by atoms with Gasteiger partial charge in [-0.3, -0.25) is 9.69 Å². The van der Waals surface area contributed by atoms with Crippen molar-refractivity contribution in [2.24, 2.45) is 0 Å². The fourth-order valence-electron chi connectivity index (χ4n) is 4.36. The van der Waals surface area contributed by atoms with Crippen LogP contribution in [0.15, 0.2) is 79.0 Å². The summed E-state index contributed by atoms with van der Waals surface area (Å²) in [6.45, 7) is 4.17. The van der Waals surface area contributed by atoms with Crippen molar-refractivity contribution in [1.29, 1.82) is 0 Å². The Kier molecular flexibility index (Phi) is 6.56. The second kappa shape index (κ2) is 10.1. The summed E-state index contributed by atoms with van der Waals surface area (Å²) in [5.41, 5.74) is 5.92. The van der Waals surface area contributed by atoms with Crippen LogP contribution in [0.2, 0.25) is 0 Å². The number of carbonyl (C=O) groups is 1. The number of nitrogens with zero attached hydrogens (tertiary/aromatic N) is 4. The minimum atomic E-state index is -0.0447. The minimum Gasteiger partial charge on any atom is -0.378 e. The van der Waals surface area contributed by atoms with E-state index in [1.807, 2.05) is 66.7 Å². The molecule has 2 aromatic heterocycles. The third-order valence-corrected chi connectivity index (χ3v) is 6.04. The van der Waals surface area contributed by atoms with E-state index in [0.717, 1.165) is 60.3 Å². The number of likely N-dealkylation sites (N-methyl/N-ethyl adjacent to an activating group) is 1. The summed E-state index contributed by atoms with van der Waals surface area (Å²) in [5.74, 6) is -0.0447. The Morgan fingerprint density at radius 2 is 1.74 bits per heavy atom. The van der Waals surface area contributed by atoms with E-state index < -0.39 is 0 Å². The Balaban J connectivity index is 1.25. The molecule has 4 aromatic rings. The number of rotatable bonds is 7. The van der Waals surface area contributed by atoms with Crippen molar-refractivity contribution in [2.45, 2.75) is 6.54 Å². The molecule has 0 unspecified atom stereocenters. The van der Waals surface area contributed by atoms with Gasteiger partial charge in [0, 0.05) is 42.8 Å². The van der Waals surface area contributed by atoms with Gasteiger partial charge in [-0.25, -0.2) is 4.98 Å². The Hall–Kier alpha value is -3.68. The number of nitrogens with one attached hydrogen (secondary N) is 1. The number of anilines is 2. The number of fused-ring (bicyclic) bond motifs is 1. The molecular weight excluding hydrogens is 426 g/mol. The molecule has 0 aliphatic carbocycles. The molecular formula is C27H29N5O2. The van der Waals surface area contributed by atoms with Crippen LogP contribution in [0.4, 0.5) is 11.4 Å². The minimum absolute atomic E-state index is 0.0447. The van der Waals surface area contributed by atoms with Crippen molar-refractivity contribution < 1.29 is 9.53 Å². The molecule has 1 aliphatic rings. The van der Waals surface area contributed by atoms with Gasteiger partial charge in [-0.05, 0) is 43.4 Å². The van der Waals surface area contributed by atoms with Crippen LogP contribution in [0, 0.1) is 0 Å². The third-order valence-electron chi connectivity index (χ3n) is 6.04. The fourth-order valence-corrected chi connectivity index (χ4v) is 4.36. The maximum absolute atomic E-state index is 12.8. The first-order chi connectivity index (χ1) is 16.7. The number of aromatic nitrogens is 2. The van der Waals surface area contributed by atoms with E-state index >= 15 is 0 Å². The largest absolute Gasteiger partial charge is 0.378 e. The monoisotopic (exact) mass is 455 g/mol. The normalized spacial score (nSPS) is 14.0. The first-order valence-corrected chi connectivity index (χ1v) is 11.6. The summed E-state index contributed by atoms with van der Waals surface area (Å²) in [6.07, 6.45) is 2.02. The van der Waals surface area contributed by atoms with Crippen molar-refractivity contribution in [3.05, 3.63) is 84.7 Å². The number of benzene rings is 2. The van der Waals surface area contributed by atoms with Crippen molar-refractivity contribution in [2.75, 3.05) is 50.1 Å². The Morgan fingerprint density at radius 1 is 1.00 bits per heavy atom. The highest BCUT2D eigenvalue weighted by Gasteiger charge is 2.17. The van der Waals surface area contributed by atoms with Gasteiger partial charge in [0.25, 0.3) is 0 Å². The topological polar surface area (TPSA) is 62.1 Å². The molecule has 1 saturated heterocycles.